The second-order valence-electron chi connectivity index (χ2n) is 18.2. The van der Waals surface area contributed by atoms with Gasteiger partial charge in [-0.15, -0.1) is 22.7 Å². The number of aromatic nitrogens is 2. The molecular formula is C64H34N4S2. The number of benzene rings is 11. The lowest BCUT2D eigenvalue weighted by molar-refractivity contribution is 1.12. The van der Waals surface area contributed by atoms with Crippen LogP contribution in [0.3, 0.4) is 0 Å². The first-order valence-corrected chi connectivity index (χ1v) is 25.0. The van der Waals surface area contributed by atoms with Crippen LogP contribution in [0.15, 0.2) is 206 Å². The third-order valence-corrected chi connectivity index (χ3v) is 16.8. The summed E-state index contributed by atoms with van der Waals surface area (Å²) in [6.07, 6.45) is 0. The highest BCUT2D eigenvalue weighted by Crippen LogP contribution is 2.45. The van der Waals surface area contributed by atoms with Crippen molar-refractivity contribution in [3.63, 3.8) is 0 Å². The van der Waals surface area contributed by atoms with Crippen molar-refractivity contribution >= 4 is 128 Å². The first kappa shape index (κ1) is 39.0. The lowest BCUT2D eigenvalue weighted by atomic mass is 9.99. The number of nitrogens with zero attached hydrogens (tertiary/aromatic N) is 4. The van der Waals surface area contributed by atoms with Gasteiger partial charge in [0.1, 0.15) is 12.1 Å². The Balaban J connectivity index is 0.944. The van der Waals surface area contributed by atoms with E-state index in [-0.39, 0.29) is 0 Å². The van der Waals surface area contributed by atoms with E-state index >= 15 is 0 Å². The third kappa shape index (κ3) is 5.55. The Hall–Kier alpha value is -9.04. The topological polar surface area (TPSA) is 57.4 Å². The zero-order chi connectivity index (χ0) is 46.2. The van der Waals surface area contributed by atoms with E-state index < -0.39 is 0 Å². The molecule has 0 N–H and O–H groups in total. The number of thiophene rings is 2. The van der Waals surface area contributed by atoms with Gasteiger partial charge in [-0.3, -0.25) is 0 Å². The summed E-state index contributed by atoms with van der Waals surface area (Å²) in [5, 5.41) is 36.6. The first-order valence-electron chi connectivity index (χ1n) is 23.3. The zero-order valence-electron chi connectivity index (χ0n) is 37.2. The number of hydrogen-bond donors (Lipinski definition) is 0. The van der Waals surface area contributed by atoms with Gasteiger partial charge in [-0.25, -0.2) is 0 Å². The van der Waals surface area contributed by atoms with Gasteiger partial charge in [0.2, 0.25) is 0 Å². The fourth-order valence-electron chi connectivity index (χ4n) is 11.4. The van der Waals surface area contributed by atoms with Crippen LogP contribution in [0.1, 0.15) is 11.1 Å². The molecule has 0 fully saturated rings. The molecular weight excluding hydrogens is 889 g/mol. The van der Waals surface area contributed by atoms with Crippen LogP contribution in [0.4, 0.5) is 0 Å². The van der Waals surface area contributed by atoms with Gasteiger partial charge >= 0.3 is 0 Å². The molecule has 0 spiro atoms. The van der Waals surface area contributed by atoms with Crippen molar-refractivity contribution in [1.29, 1.82) is 10.5 Å². The Morgan fingerprint density at radius 1 is 0.300 bits per heavy atom. The Bertz CT molecular complexity index is 4560. The van der Waals surface area contributed by atoms with Crippen molar-refractivity contribution < 1.29 is 0 Å². The smallest absolute Gasteiger partial charge is 0.101 e. The van der Waals surface area contributed by atoms with Crippen molar-refractivity contribution in [2.24, 2.45) is 0 Å². The highest BCUT2D eigenvalue weighted by molar-refractivity contribution is 7.26. The van der Waals surface area contributed by atoms with Gasteiger partial charge in [0.25, 0.3) is 0 Å². The molecule has 0 aliphatic rings. The first-order chi connectivity index (χ1) is 34.6. The maximum atomic E-state index is 11.2. The summed E-state index contributed by atoms with van der Waals surface area (Å²) >= 11 is 3.65. The van der Waals surface area contributed by atoms with Crippen LogP contribution in [0.5, 0.6) is 0 Å². The molecule has 15 rings (SSSR count). The van der Waals surface area contributed by atoms with Crippen LogP contribution >= 0.6 is 22.7 Å². The lowest BCUT2D eigenvalue weighted by Gasteiger charge is -2.16. The monoisotopic (exact) mass is 922 g/mol. The van der Waals surface area contributed by atoms with Crippen LogP contribution in [0, 0.1) is 22.7 Å². The second-order valence-corrected chi connectivity index (χ2v) is 20.4. The van der Waals surface area contributed by atoms with E-state index in [2.05, 4.69) is 215 Å². The molecule has 11 aromatic carbocycles. The van der Waals surface area contributed by atoms with E-state index in [0.717, 1.165) is 87.4 Å². The Labute approximate surface area is 408 Å². The summed E-state index contributed by atoms with van der Waals surface area (Å²) in [6.45, 7) is 0. The minimum Gasteiger partial charge on any atom is -0.308 e. The molecule has 0 unspecified atom stereocenters. The molecule has 0 bridgehead atoms. The van der Waals surface area contributed by atoms with E-state index in [1.807, 2.05) is 34.8 Å². The lowest BCUT2D eigenvalue weighted by Crippen LogP contribution is -2.04. The van der Waals surface area contributed by atoms with E-state index in [0.29, 0.717) is 22.5 Å². The van der Waals surface area contributed by atoms with E-state index in [4.69, 9.17) is 0 Å². The average Bonchev–Trinajstić information content (AvgIpc) is 4.17. The summed E-state index contributed by atoms with van der Waals surface area (Å²) in [7, 11) is 0. The summed E-state index contributed by atoms with van der Waals surface area (Å²) in [5.41, 5.74) is 10.7. The SMILES string of the molecule is N#Cc1cc(-n2c3ccc(-c4ccc5c(c4)sc4ccccc45)cc3c3c4ccccc4ccc32)c(C#N)cc1-n1c2ccc(-c3ccc4c(c3)sc3ccccc34)cc2c2c3ccccc3ccc21. The molecule has 4 nitrogen and oxygen atoms in total. The van der Waals surface area contributed by atoms with Crippen molar-refractivity contribution in [2.75, 3.05) is 0 Å². The Morgan fingerprint density at radius 3 is 1.13 bits per heavy atom. The van der Waals surface area contributed by atoms with Gasteiger partial charge < -0.3 is 9.13 Å². The van der Waals surface area contributed by atoms with E-state index in [1.54, 1.807) is 0 Å². The molecule has 4 heterocycles. The molecule has 0 saturated heterocycles. The summed E-state index contributed by atoms with van der Waals surface area (Å²) in [4.78, 5) is 0. The van der Waals surface area contributed by atoms with Crippen molar-refractivity contribution in [1.82, 2.24) is 9.13 Å². The highest BCUT2D eigenvalue weighted by Gasteiger charge is 2.23. The maximum absolute atomic E-state index is 11.2. The van der Waals surface area contributed by atoms with Gasteiger partial charge in [-0.2, -0.15) is 10.5 Å². The molecule has 15 aromatic rings. The standard InChI is InChI=1S/C64H34N4S2/c65-35-43-32-58(68-54-26-22-40(30-52(54)64-46-12-4-2-10-38(46)20-28-56(64)68)42-18-24-50-48-14-6-8-16-60(48)70-62(50)34-42)44(36-66)31-57(43)67-53-25-21-39(29-51(53)63-45-11-3-1-9-37(45)19-27-55(63)67)41-17-23-49-47-13-5-7-15-59(47)69-61(49)33-41/h1-34H. The fraction of sp³-hybridized carbons (Fsp3) is 0. The molecule has 4 aromatic heterocycles. The highest BCUT2D eigenvalue weighted by atomic mass is 32.1. The largest absolute Gasteiger partial charge is 0.308 e. The van der Waals surface area contributed by atoms with Crippen LogP contribution in [0.2, 0.25) is 0 Å². The van der Waals surface area contributed by atoms with Crippen LogP contribution in [-0.4, -0.2) is 9.13 Å². The van der Waals surface area contributed by atoms with Crippen molar-refractivity contribution in [3.8, 4) is 45.8 Å². The third-order valence-electron chi connectivity index (χ3n) is 14.6. The number of fused-ring (bicyclic) bond motifs is 16. The van der Waals surface area contributed by atoms with Gasteiger partial charge in [0.15, 0.2) is 0 Å². The summed E-state index contributed by atoms with van der Waals surface area (Å²) < 4.78 is 9.48. The average molecular weight is 923 g/mol. The maximum Gasteiger partial charge on any atom is 0.101 e. The van der Waals surface area contributed by atoms with E-state index in [1.165, 1.54) is 40.3 Å². The summed E-state index contributed by atoms with van der Waals surface area (Å²) in [5.74, 6) is 0. The second kappa shape index (κ2) is 14.7. The van der Waals surface area contributed by atoms with Crippen LogP contribution in [0.25, 0.3) is 139 Å². The van der Waals surface area contributed by atoms with Crippen LogP contribution < -0.4 is 0 Å². The number of hydrogen-bond acceptors (Lipinski definition) is 4. The summed E-state index contributed by atoms with van der Waals surface area (Å²) in [6, 6.07) is 78.9. The molecule has 0 amide bonds. The van der Waals surface area contributed by atoms with Gasteiger partial charge in [-0.05, 0) is 117 Å². The minimum atomic E-state index is 0.476. The predicted molar refractivity (Wildman–Crippen MR) is 296 cm³/mol. The van der Waals surface area contributed by atoms with E-state index in [9.17, 15) is 10.5 Å². The molecule has 0 radical (unpaired) electrons. The quantitative estimate of drug-likeness (QED) is 0.177. The van der Waals surface area contributed by atoms with Crippen LogP contribution in [-0.2, 0) is 0 Å². The number of nitriles is 2. The molecule has 322 valence electrons. The molecule has 0 aliphatic carbocycles. The predicted octanol–water partition coefficient (Wildman–Crippen LogP) is 18.0. The van der Waals surface area contributed by atoms with Crippen molar-refractivity contribution in [2.45, 2.75) is 0 Å². The van der Waals surface area contributed by atoms with Gasteiger partial charge in [-0.1, -0.05) is 133 Å². The Kier molecular flexibility index (Phi) is 8.21. The number of rotatable bonds is 4. The zero-order valence-corrected chi connectivity index (χ0v) is 38.9. The molecule has 70 heavy (non-hydrogen) atoms. The molecule has 0 atom stereocenters. The van der Waals surface area contributed by atoms with Gasteiger partial charge in [0, 0.05) is 61.9 Å². The molecule has 0 saturated carbocycles. The van der Waals surface area contributed by atoms with Gasteiger partial charge in [0.05, 0.1) is 44.6 Å². The molecule has 6 heteroatoms. The van der Waals surface area contributed by atoms with Crippen molar-refractivity contribution in [3.05, 3.63) is 217 Å². The molecule has 0 aliphatic heterocycles. The normalized spacial score (nSPS) is 12.0. The minimum absolute atomic E-state index is 0.476. The fourth-order valence-corrected chi connectivity index (χ4v) is 13.7. The Morgan fingerprint density at radius 2 is 0.671 bits per heavy atom.